The molecule has 2 N–H and O–H groups in total. The number of likely N-dealkylation sites (N-methyl/N-ethyl adjacent to an activating group) is 1. The molecule has 34 heavy (non-hydrogen) atoms. The number of Topliss-reactive ketones (excluding diaryl/α,β-unsaturated/α-hetero) is 1. The van der Waals surface area contributed by atoms with Crippen molar-refractivity contribution in [3.63, 3.8) is 0 Å². The highest BCUT2D eigenvalue weighted by molar-refractivity contribution is 6.46. The summed E-state index contributed by atoms with van der Waals surface area (Å²) in [6.45, 7) is 9.19. The van der Waals surface area contributed by atoms with E-state index in [2.05, 4.69) is 13.8 Å². The molecule has 1 saturated heterocycles. The average molecular weight is 466 g/mol. The molecule has 0 unspecified atom stereocenters. The number of benzene rings is 2. The lowest BCUT2D eigenvalue weighted by molar-refractivity contribution is -0.895. The van der Waals surface area contributed by atoms with Gasteiger partial charge in [-0.1, -0.05) is 12.1 Å². The van der Waals surface area contributed by atoms with Gasteiger partial charge in [-0.15, -0.1) is 0 Å². The Labute approximate surface area is 200 Å². The van der Waals surface area contributed by atoms with Gasteiger partial charge in [-0.3, -0.25) is 9.59 Å². The van der Waals surface area contributed by atoms with E-state index in [1.54, 1.807) is 18.1 Å². The summed E-state index contributed by atoms with van der Waals surface area (Å²) in [4.78, 5) is 29.4. The Morgan fingerprint density at radius 1 is 1.18 bits per heavy atom. The van der Waals surface area contributed by atoms with E-state index in [4.69, 9.17) is 9.47 Å². The molecule has 4 rings (SSSR count). The van der Waals surface area contributed by atoms with Gasteiger partial charge in [0.1, 0.15) is 23.4 Å². The van der Waals surface area contributed by atoms with Gasteiger partial charge in [0.15, 0.2) is 0 Å². The van der Waals surface area contributed by atoms with E-state index in [0.29, 0.717) is 24.4 Å². The highest BCUT2D eigenvalue weighted by atomic mass is 16.5. The minimum atomic E-state index is -0.687. The van der Waals surface area contributed by atoms with E-state index >= 15 is 0 Å². The normalized spacial score (nSPS) is 21.1. The molecule has 7 nitrogen and oxygen atoms in total. The summed E-state index contributed by atoms with van der Waals surface area (Å²) in [5.74, 6) is 0.00685. The number of aliphatic hydroxyl groups is 1. The highest BCUT2D eigenvalue weighted by Crippen LogP contribution is 2.41. The second kappa shape index (κ2) is 9.89. The Bertz CT molecular complexity index is 1120. The van der Waals surface area contributed by atoms with E-state index in [1.807, 2.05) is 43.3 Å². The van der Waals surface area contributed by atoms with Gasteiger partial charge in [0.2, 0.25) is 0 Å². The number of hydrogen-bond acceptors (Lipinski definition) is 5. The van der Waals surface area contributed by atoms with Crippen LogP contribution in [0.5, 0.6) is 11.5 Å². The van der Waals surface area contributed by atoms with E-state index < -0.39 is 17.7 Å². The monoisotopic (exact) mass is 465 g/mol. The Hall–Kier alpha value is -3.32. The predicted molar refractivity (Wildman–Crippen MR) is 129 cm³/mol. The number of ether oxygens (including phenoxy) is 2. The predicted octanol–water partition coefficient (Wildman–Crippen LogP) is 2.37. The largest absolute Gasteiger partial charge is 0.507 e. The van der Waals surface area contributed by atoms with Crippen LogP contribution in [0.3, 0.4) is 0 Å². The molecule has 1 amide bonds. The van der Waals surface area contributed by atoms with Crippen molar-refractivity contribution in [2.24, 2.45) is 0 Å². The zero-order chi connectivity index (χ0) is 24.4. The van der Waals surface area contributed by atoms with Crippen LogP contribution in [0.1, 0.15) is 43.5 Å². The van der Waals surface area contributed by atoms with Gasteiger partial charge in [-0.2, -0.15) is 0 Å². The van der Waals surface area contributed by atoms with Crippen LogP contribution in [0.4, 0.5) is 0 Å². The third kappa shape index (κ3) is 4.40. The number of carbonyl (C=O) groups excluding carboxylic acids is 2. The number of quaternary nitrogens is 1. The quantitative estimate of drug-likeness (QED) is 0.356. The molecule has 180 valence electrons. The van der Waals surface area contributed by atoms with Crippen LogP contribution < -0.4 is 14.4 Å². The first-order chi connectivity index (χ1) is 16.4. The van der Waals surface area contributed by atoms with Crippen LogP contribution >= 0.6 is 0 Å². The molecule has 2 aliphatic rings. The maximum atomic E-state index is 13.3. The summed E-state index contributed by atoms with van der Waals surface area (Å²) in [5, 5.41) is 11.4. The molecule has 0 spiro atoms. The fraction of sp³-hybridized carbons (Fsp3) is 0.407. The summed E-state index contributed by atoms with van der Waals surface area (Å²) >= 11 is 0. The number of hydrogen-bond donors (Lipinski definition) is 2. The molecule has 0 aliphatic carbocycles. The number of amides is 1. The number of likely N-dealkylation sites (tertiary alicyclic amines) is 1. The molecule has 2 atom stereocenters. The second-order valence-electron chi connectivity index (χ2n) is 8.93. The summed E-state index contributed by atoms with van der Waals surface area (Å²) in [5.41, 5.74) is 2.33. The molecule has 0 bridgehead atoms. The third-order valence-corrected chi connectivity index (χ3v) is 6.83. The van der Waals surface area contributed by atoms with Gasteiger partial charge >= 0.3 is 0 Å². The van der Waals surface area contributed by atoms with Gasteiger partial charge in [0.05, 0.1) is 44.9 Å². The van der Waals surface area contributed by atoms with E-state index in [1.165, 1.54) is 4.90 Å². The van der Waals surface area contributed by atoms with Gasteiger partial charge in [-0.25, -0.2) is 0 Å². The van der Waals surface area contributed by atoms with Gasteiger partial charge in [-0.05, 0) is 62.2 Å². The zero-order valence-corrected chi connectivity index (χ0v) is 20.3. The molecule has 0 aromatic heterocycles. The van der Waals surface area contributed by atoms with E-state index in [-0.39, 0.29) is 17.4 Å². The van der Waals surface area contributed by atoms with Crippen molar-refractivity contribution in [1.29, 1.82) is 0 Å². The Balaban J connectivity index is 1.79. The molecule has 0 saturated carbocycles. The maximum absolute atomic E-state index is 13.3. The standard InChI is InChI=1S/C27H32N2O5/c1-5-28(6-2)12-13-29-24(18-8-7-9-21(16-18)33-4)23(26(31)27(29)32)25(30)19-10-11-22-20(15-19)14-17(3)34-22/h7-11,15-17,24,30H,5-6,12-14H2,1-4H3/p+1/t17-,24+/m1/s1. The number of rotatable bonds is 8. The van der Waals surface area contributed by atoms with E-state index in [9.17, 15) is 14.7 Å². The van der Waals surface area contributed by atoms with Crippen molar-refractivity contribution in [1.82, 2.24) is 4.90 Å². The molecule has 0 radical (unpaired) electrons. The van der Waals surface area contributed by atoms with Gasteiger partial charge < -0.3 is 24.4 Å². The number of methoxy groups -OCH3 is 1. The first-order valence-corrected chi connectivity index (χ1v) is 11.9. The molecule has 1 fully saturated rings. The van der Waals surface area contributed by atoms with Crippen molar-refractivity contribution in [3.05, 3.63) is 64.7 Å². The molecule has 2 aromatic carbocycles. The minimum Gasteiger partial charge on any atom is -0.507 e. The number of fused-ring (bicyclic) bond motifs is 1. The Kier molecular flexibility index (Phi) is 6.93. The number of aliphatic hydroxyl groups excluding tert-OH is 1. The number of carbonyl (C=O) groups is 2. The third-order valence-electron chi connectivity index (χ3n) is 6.83. The first kappa shape index (κ1) is 23.8. The van der Waals surface area contributed by atoms with Crippen molar-refractivity contribution < 1.29 is 29.1 Å². The summed E-state index contributed by atoms with van der Waals surface area (Å²) in [6, 6.07) is 12.0. The van der Waals surface area contributed by atoms with Crippen molar-refractivity contribution in [3.8, 4) is 11.5 Å². The van der Waals surface area contributed by atoms with Crippen LogP contribution in [0.2, 0.25) is 0 Å². The smallest absolute Gasteiger partial charge is 0.295 e. The van der Waals surface area contributed by atoms with Gasteiger partial charge in [0, 0.05) is 12.0 Å². The zero-order valence-electron chi connectivity index (χ0n) is 20.3. The van der Waals surface area contributed by atoms with Crippen LogP contribution in [0.25, 0.3) is 5.76 Å². The minimum absolute atomic E-state index is 0.0670. The van der Waals surface area contributed by atoms with Crippen molar-refractivity contribution in [2.75, 3.05) is 33.3 Å². The number of ketones is 1. The van der Waals surface area contributed by atoms with Crippen molar-refractivity contribution in [2.45, 2.75) is 39.3 Å². The lowest BCUT2D eigenvalue weighted by Crippen LogP contribution is -3.12. The van der Waals surface area contributed by atoms with Crippen LogP contribution in [0, 0.1) is 0 Å². The Morgan fingerprint density at radius 2 is 1.94 bits per heavy atom. The molecule has 2 aliphatic heterocycles. The Morgan fingerprint density at radius 3 is 2.65 bits per heavy atom. The molecule has 7 heteroatoms. The molecule has 2 heterocycles. The lowest BCUT2D eigenvalue weighted by Gasteiger charge is -2.27. The SMILES string of the molecule is CC[NH+](CC)CCN1C(=O)C(=O)C(=C(O)c2ccc3c(c2)C[C@@H](C)O3)[C@@H]1c1cccc(OC)c1. The molecular weight excluding hydrogens is 432 g/mol. The summed E-state index contributed by atoms with van der Waals surface area (Å²) < 4.78 is 11.2. The van der Waals surface area contributed by atoms with Crippen molar-refractivity contribution >= 4 is 17.4 Å². The highest BCUT2D eigenvalue weighted by Gasteiger charge is 2.46. The molecular formula is C27H33N2O5+. The summed E-state index contributed by atoms with van der Waals surface area (Å²) in [6.07, 6.45) is 0.800. The van der Waals surface area contributed by atoms with Crippen LogP contribution in [-0.4, -0.2) is 61.1 Å². The van der Waals surface area contributed by atoms with Crippen LogP contribution in [0.15, 0.2) is 48.0 Å². The first-order valence-electron chi connectivity index (χ1n) is 11.9. The van der Waals surface area contributed by atoms with E-state index in [0.717, 1.165) is 36.4 Å². The van der Waals surface area contributed by atoms with Gasteiger partial charge in [0.25, 0.3) is 11.7 Å². The second-order valence-corrected chi connectivity index (χ2v) is 8.93. The number of nitrogens with one attached hydrogen (secondary N) is 1. The lowest BCUT2D eigenvalue weighted by atomic mass is 9.94. The van der Waals surface area contributed by atoms with Crippen LogP contribution in [-0.2, 0) is 16.0 Å². The molecule has 2 aromatic rings. The summed E-state index contributed by atoms with van der Waals surface area (Å²) in [7, 11) is 1.58. The maximum Gasteiger partial charge on any atom is 0.295 e. The number of nitrogens with zero attached hydrogens (tertiary/aromatic N) is 1. The average Bonchev–Trinajstić information content (AvgIpc) is 3.35. The topological polar surface area (TPSA) is 80.5 Å². The fourth-order valence-corrected chi connectivity index (χ4v) is 4.88. The fourth-order valence-electron chi connectivity index (χ4n) is 4.88.